The van der Waals surface area contributed by atoms with Gasteiger partial charge in [0.05, 0.1) is 0 Å². The fraction of sp³-hybridized carbons (Fsp3) is 0.636. The van der Waals surface area contributed by atoms with Crippen molar-refractivity contribution in [3.8, 4) is 0 Å². The number of hydrogen-bond acceptors (Lipinski definition) is 1. The molecule has 0 spiro atoms. The highest BCUT2D eigenvalue weighted by molar-refractivity contribution is 5.05. The van der Waals surface area contributed by atoms with Crippen LogP contribution in [0, 0.1) is 0 Å². The first-order valence-corrected chi connectivity index (χ1v) is 4.84. The van der Waals surface area contributed by atoms with Gasteiger partial charge in [-0.3, -0.25) is 0 Å². The molecule has 0 saturated carbocycles. The summed E-state index contributed by atoms with van der Waals surface area (Å²) in [6.07, 6.45) is 9.21. The molecule has 0 aliphatic heterocycles. The zero-order valence-electron chi connectivity index (χ0n) is 8.38. The van der Waals surface area contributed by atoms with Gasteiger partial charge in [0.25, 0.3) is 0 Å². The molecular weight excluding hydrogens is 146 g/mol. The minimum atomic E-state index is 0.728. The third-order valence-corrected chi connectivity index (χ3v) is 2.64. The zero-order valence-corrected chi connectivity index (χ0v) is 8.38. The van der Waals surface area contributed by atoms with E-state index >= 15 is 0 Å². The molecule has 68 valence electrons. The van der Waals surface area contributed by atoms with Gasteiger partial charge in [0.1, 0.15) is 0 Å². The van der Waals surface area contributed by atoms with E-state index in [0.29, 0.717) is 0 Å². The van der Waals surface area contributed by atoms with Crippen LogP contribution in [0.4, 0.5) is 0 Å². The van der Waals surface area contributed by atoms with Gasteiger partial charge < -0.3 is 4.90 Å². The van der Waals surface area contributed by atoms with Crippen LogP contribution >= 0.6 is 0 Å². The molecule has 0 heterocycles. The Labute approximate surface area is 75.8 Å². The van der Waals surface area contributed by atoms with Gasteiger partial charge in [-0.1, -0.05) is 18.2 Å². The van der Waals surface area contributed by atoms with Gasteiger partial charge in [0, 0.05) is 18.3 Å². The predicted molar refractivity (Wildman–Crippen MR) is 54.0 cm³/mol. The van der Waals surface area contributed by atoms with E-state index in [1.165, 1.54) is 18.5 Å². The Balaban J connectivity index is 2.56. The normalized spacial score (nSPS) is 18.8. The molecule has 0 unspecified atom stereocenters. The van der Waals surface area contributed by atoms with Crippen molar-refractivity contribution in [2.45, 2.75) is 39.7 Å². The lowest BCUT2D eigenvalue weighted by atomic mass is 10.2. The Bertz CT molecular complexity index is 183. The van der Waals surface area contributed by atoms with Crippen molar-refractivity contribution in [3.63, 3.8) is 0 Å². The predicted octanol–water partition coefficient (Wildman–Crippen LogP) is 2.95. The molecular formula is C11H19N. The van der Waals surface area contributed by atoms with Crippen molar-refractivity contribution < 1.29 is 0 Å². The first kappa shape index (κ1) is 9.37. The summed E-state index contributed by atoms with van der Waals surface area (Å²) in [5.74, 6) is 0. The quantitative estimate of drug-likeness (QED) is 0.581. The molecule has 0 bridgehead atoms. The molecule has 0 aromatic heterocycles. The summed E-state index contributed by atoms with van der Waals surface area (Å²) < 4.78 is 0. The molecule has 1 nitrogen and oxygen atoms in total. The maximum Gasteiger partial charge on any atom is 0.0355 e. The summed E-state index contributed by atoms with van der Waals surface area (Å²) in [7, 11) is 0. The Kier molecular flexibility index (Phi) is 3.39. The fourth-order valence-electron chi connectivity index (χ4n) is 1.82. The molecule has 1 aliphatic rings. The third-order valence-electron chi connectivity index (χ3n) is 2.64. The lowest BCUT2D eigenvalue weighted by Crippen LogP contribution is -2.31. The third kappa shape index (κ3) is 1.90. The Morgan fingerprint density at radius 2 is 2.08 bits per heavy atom. The van der Waals surface area contributed by atoms with Crippen LogP contribution in [-0.4, -0.2) is 17.5 Å². The van der Waals surface area contributed by atoms with Crippen LogP contribution in [0.25, 0.3) is 0 Å². The van der Waals surface area contributed by atoms with E-state index in [2.05, 4.69) is 43.9 Å². The van der Waals surface area contributed by atoms with Crippen LogP contribution in [0.1, 0.15) is 33.6 Å². The maximum atomic E-state index is 2.49. The monoisotopic (exact) mass is 165 g/mol. The first-order valence-electron chi connectivity index (χ1n) is 4.84. The molecule has 0 atom stereocenters. The second-order valence-electron chi connectivity index (χ2n) is 3.31. The molecule has 0 radical (unpaired) electrons. The number of rotatable bonds is 3. The molecule has 12 heavy (non-hydrogen) atoms. The van der Waals surface area contributed by atoms with E-state index < -0.39 is 0 Å². The highest BCUT2D eigenvalue weighted by Crippen LogP contribution is 2.20. The van der Waals surface area contributed by atoms with Crippen molar-refractivity contribution in [1.29, 1.82) is 0 Å². The molecule has 0 N–H and O–H groups in total. The number of nitrogens with zero attached hydrogens (tertiary/aromatic N) is 1. The standard InChI is InChI=1S/C11H19N/c1-4-10(3)12(5-2)11-8-6-7-9-11/h4,6-7,11H,5,8-9H2,1-3H3/b10-4+. The molecule has 0 fully saturated rings. The topological polar surface area (TPSA) is 3.24 Å². The van der Waals surface area contributed by atoms with Gasteiger partial charge in [-0.05, 0) is 33.6 Å². The largest absolute Gasteiger partial charge is 0.372 e. The minimum absolute atomic E-state index is 0.728. The van der Waals surface area contributed by atoms with Crippen molar-refractivity contribution in [2.24, 2.45) is 0 Å². The Hall–Kier alpha value is -0.720. The van der Waals surface area contributed by atoms with Crippen LogP contribution < -0.4 is 0 Å². The van der Waals surface area contributed by atoms with E-state index in [0.717, 1.165) is 12.6 Å². The summed E-state index contributed by atoms with van der Waals surface area (Å²) in [5.41, 5.74) is 1.41. The highest BCUT2D eigenvalue weighted by atomic mass is 15.2. The maximum absolute atomic E-state index is 2.49. The summed E-state index contributed by atoms with van der Waals surface area (Å²) >= 11 is 0. The molecule has 1 heteroatoms. The second-order valence-corrected chi connectivity index (χ2v) is 3.31. The van der Waals surface area contributed by atoms with Gasteiger partial charge in [-0.2, -0.15) is 0 Å². The second kappa shape index (κ2) is 4.34. The lowest BCUT2D eigenvalue weighted by Gasteiger charge is -2.30. The van der Waals surface area contributed by atoms with Crippen molar-refractivity contribution >= 4 is 0 Å². The lowest BCUT2D eigenvalue weighted by molar-refractivity contribution is 0.274. The SMILES string of the molecule is C/C=C(\C)N(CC)C1CC=CC1. The van der Waals surface area contributed by atoms with Crippen LogP contribution in [0.5, 0.6) is 0 Å². The molecule has 0 amide bonds. The van der Waals surface area contributed by atoms with Gasteiger partial charge in [0.2, 0.25) is 0 Å². The molecule has 1 aliphatic carbocycles. The van der Waals surface area contributed by atoms with Gasteiger partial charge in [0.15, 0.2) is 0 Å². The van der Waals surface area contributed by atoms with E-state index in [1.807, 2.05) is 0 Å². The van der Waals surface area contributed by atoms with Crippen LogP contribution in [0.3, 0.4) is 0 Å². The van der Waals surface area contributed by atoms with E-state index in [4.69, 9.17) is 0 Å². The van der Waals surface area contributed by atoms with E-state index in [-0.39, 0.29) is 0 Å². The Morgan fingerprint density at radius 3 is 2.50 bits per heavy atom. The average Bonchev–Trinajstić information content (AvgIpc) is 2.58. The molecule has 0 saturated heterocycles. The van der Waals surface area contributed by atoms with Crippen molar-refractivity contribution in [1.82, 2.24) is 4.90 Å². The minimum Gasteiger partial charge on any atom is -0.372 e. The molecule has 1 rings (SSSR count). The highest BCUT2D eigenvalue weighted by Gasteiger charge is 2.17. The summed E-state index contributed by atoms with van der Waals surface area (Å²) in [4.78, 5) is 2.49. The summed E-state index contributed by atoms with van der Waals surface area (Å²) in [6, 6.07) is 0.728. The number of allylic oxidation sites excluding steroid dienone is 2. The van der Waals surface area contributed by atoms with Gasteiger partial charge >= 0.3 is 0 Å². The van der Waals surface area contributed by atoms with Crippen LogP contribution in [0.2, 0.25) is 0 Å². The summed E-state index contributed by atoms with van der Waals surface area (Å²) in [5, 5.41) is 0. The summed E-state index contributed by atoms with van der Waals surface area (Å²) in [6.45, 7) is 7.66. The average molecular weight is 165 g/mol. The van der Waals surface area contributed by atoms with Crippen molar-refractivity contribution in [2.75, 3.05) is 6.54 Å². The van der Waals surface area contributed by atoms with Crippen LogP contribution in [0.15, 0.2) is 23.9 Å². The fourth-order valence-corrected chi connectivity index (χ4v) is 1.82. The van der Waals surface area contributed by atoms with E-state index in [1.54, 1.807) is 0 Å². The molecule has 0 aromatic rings. The van der Waals surface area contributed by atoms with E-state index in [9.17, 15) is 0 Å². The Morgan fingerprint density at radius 1 is 1.50 bits per heavy atom. The molecule has 0 aromatic carbocycles. The first-order chi connectivity index (χ1) is 5.79. The van der Waals surface area contributed by atoms with Gasteiger partial charge in [-0.15, -0.1) is 0 Å². The zero-order chi connectivity index (χ0) is 8.97. The number of hydrogen-bond donors (Lipinski definition) is 0. The van der Waals surface area contributed by atoms with Crippen LogP contribution in [-0.2, 0) is 0 Å². The van der Waals surface area contributed by atoms with Gasteiger partial charge in [-0.25, -0.2) is 0 Å². The van der Waals surface area contributed by atoms with Crippen molar-refractivity contribution in [3.05, 3.63) is 23.9 Å². The smallest absolute Gasteiger partial charge is 0.0355 e.